The Labute approximate surface area is 206 Å². The molecule has 0 saturated carbocycles. The minimum absolute atomic E-state index is 0.0203. The summed E-state index contributed by atoms with van der Waals surface area (Å²) in [5.74, 6) is 0.317. The molecule has 2 aromatic rings. The van der Waals surface area contributed by atoms with E-state index in [-0.39, 0.29) is 18.2 Å². The number of nitrogens with one attached hydrogen (secondary N) is 1. The summed E-state index contributed by atoms with van der Waals surface area (Å²) >= 11 is 0. The minimum atomic E-state index is -4.56. The number of rotatable bonds is 10. The molecule has 8 heteroatoms. The highest BCUT2D eigenvalue weighted by molar-refractivity contribution is 5.76. The molecule has 1 atom stereocenters. The van der Waals surface area contributed by atoms with Gasteiger partial charge in [-0.2, -0.15) is 13.2 Å². The van der Waals surface area contributed by atoms with Crippen molar-refractivity contribution in [2.75, 3.05) is 11.9 Å². The van der Waals surface area contributed by atoms with E-state index in [1.807, 2.05) is 0 Å². The number of hydrogen-bond acceptors (Lipinski definition) is 5. The summed E-state index contributed by atoms with van der Waals surface area (Å²) in [4.78, 5) is 0. The van der Waals surface area contributed by atoms with Crippen LogP contribution in [0.1, 0.15) is 94.4 Å². The zero-order valence-corrected chi connectivity index (χ0v) is 21.1. The molecule has 0 saturated heterocycles. The van der Waals surface area contributed by atoms with Gasteiger partial charge in [0.1, 0.15) is 11.4 Å². The number of aromatic nitrogens is 2. The number of phenols is 1. The Hall–Kier alpha value is -2.35. The van der Waals surface area contributed by atoms with Crippen LogP contribution in [0.2, 0.25) is 0 Å². The van der Waals surface area contributed by atoms with Gasteiger partial charge in [0.15, 0.2) is 5.82 Å². The van der Waals surface area contributed by atoms with Crippen molar-refractivity contribution in [3.63, 3.8) is 0 Å². The first-order chi connectivity index (χ1) is 16.8. The molecule has 0 fully saturated rings. The maximum atomic E-state index is 13.4. The lowest BCUT2D eigenvalue weighted by molar-refractivity contribution is -0.137. The second-order valence-electron chi connectivity index (χ2n) is 9.39. The third-order valence-electron chi connectivity index (χ3n) is 6.69. The topological polar surface area (TPSA) is 67.3 Å². The molecule has 1 aliphatic rings. The van der Waals surface area contributed by atoms with Crippen LogP contribution in [0.3, 0.4) is 0 Å². The van der Waals surface area contributed by atoms with E-state index in [0.717, 1.165) is 74.0 Å². The van der Waals surface area contributed by atoms with Crippen LogP contribution in [-0.4, -0.2) is 28.0 Å². The van der Waals surface area contributed by atoms with E-state index in [9.17, 15) is 18.3 Å². The third kappa shape index (κ3) is 6.87. The molecular weight excluding hydrogens is 455 g/mol. The standard InChI is InChI=1S/C27H38F3N3O2/c1-4-7-9-11-20(6-3)31-26-22(12-8-5-2)21-13-10-14-35-17-18-15-19(27(28,29)30)16-23(34)24(18)25(21)32-33-26/h15-16,20,34H,4-14,17H2,1-3H3,(H,31,33)/t20-/m0/s1. The molecule has 0 bridgehead atoms. The normalized spacial score (nSPS) is 14.9. The Bertz CT molecular complexity index is 979. The Balaban J connectivity index is 2.12. The van der Waals surface area contributed by atoms with Crippen LogP contribution < -0.4 is 5.32 Å². The first-order valence-electron chi connectivity index (χ1n) is 13.0. The van der Waals surface area contributed by atoms with Crippen molar-refractivity contribution in [2.45, 2.75) is 104 Å². The van der Waals surface area contributed by atoms with Gasteiger partial charge in [-0.05, 0) is 61.8 Å². The summed E-state index contributed by atoms with van der Waals surface area (Å²) in [5.41, 5.74) is 2.14. The van der Waals surface area contributed by atoms with Crippen molar-refractivity contribution in [2.24, 2.45) is 0 Å². The van der Waals surface area contributed by atoms with Crippen molar-refractivity contribution in [3.05, 3.63) is 34.4 Å². The fraction of sp³-hybridized carbons (Fsp3) is 0.630. The highest BCUT2D eigenvalue weighted by atomic mass is 19.4. The first kappa shape index (κ1) is 27.2. The maximum absolute atomic E-state index is 13.4. The number of halogens is 3. The average Bonchev–Trinajstić information content (AvgIpc) is 2.91. The van der Waals surface area contributed by atoms with E-state index in [1.54, 1.807) is 0 Å². The predicted octanol–water partition coefficient (Wildman–Crippen LogP) is 7.44. The Kier molecular flexibility index (Phi) is 9.78. The average molecular weight is 494 g/mol. The van der Waals surface area contributed by atoms with Crippen molar-refractivity contribution >= 4 is 5.82 Å². The van der Waals surface area contributed by atoms with Gasteiger partial charge in [0.05, 0.1) is 12.2 Å². The second-order valence-corrected chi connectivity index (χ2v) is 9.39. The molecule has 5 nitrogen and oxygen atoms in total. The summed E-state index contributed by atoms with van der Waals surface area (Å²) in [6.45, 7) is 6.87. The van der Waals surface area contributed by atoms with E-state index >= 15 is 0 Å². The highest BCUT2D eigenvalue weighted by Crippen LogP contribution is 2.42. The van der Waals surface area contributed by atoms with Crippen LogP contribution in [-0.2, 0) is 30.4 Å². The molecule has 0 radical (unpaired) electrons. The molecule has 3 rings (SSSR count). The van der Waals surface area contributed by atoms with Gasteiger partial charge in [-0.15, -0.1) is 10.2 Å². The number of hydrogen-bond donors (Lipinski definition) is 2. The van der Waals surface area contributed by atoms with Crippen molar-refractivity contribution < 1.29 is 23.0 Å². The number of ether oxygens (including phenoxy) is 1. The van der Waals surface area contributed by atoms with Crippen LogP contribution in [0.15, 0.2) is 12.1 Å². The molecule has 1 aliphatic heterocycles. The molecule has 35 heavy (non-hydrogen) atoms. The van der Waals surface area contributed by atoms with Gasteiger partial charge in [-0.3, -0.25) is 0 Å². The van der Waals surface area contributed by atoms with E-state index in [2.05, 4.69) is 36.3 Å². The lowest BCUT2D eigenvalue weighted by Crippen LogP contribution is -2.22. The van der Waals surface area contributed by atoms with E-state index in [0.29, 0.717) is 30.7 Å². The monoisotopic (exact) mass is 493 g/mol. The lowest BCUT2D eigenvalue weighted by atomic mass is 9.91. The minimum Gasteiger partial charge on any atom is -0.507 e. The zero-order chi connectivity index (χ0) is 25.4. The predicted molar refractivity (Wildman–Crippen MR) is 133 cm³/mol. The van der Waals surface area contributed by atoms with E-state index < -0.39 is 17.5 Å². The Morgan fingerprint density at radius 2 is 1.86 bits per heavy atom. The smallest absolute Gasteiger partial charge is 0.416 e. The Morgan fingerprint density at radius 1 is 1.09 bits per heavy atom. The Morgan fingerprint density at radius 3 is 2.54 bits per heavy atom. The molecule has 1 aromatic heterocycles. The third-order valence-corrected chi connectivity index (χ3v) is 6.69. The number of aromatic hydroxyl groups is 1. The zero-order valence-electron chi connectivity index (χ0n) is 21.1. The van der Waals surface area contributed by atoms with Gasteiger partial charge in [-0.1, -0.05) is 46.5 Å². The highest BCUT2D eigenvalue weighted by Gasteiger charge is 2.33. The van der Waals surface area contributed by atoms with Gasteiger partial charge in [0.2, 0.25) is 0 Å². The van der Waals surface area contributed by atoms with Crippen LogP contribution in [0.4, 0.5) is 19.0 Å². The first-order valence-corrected chi connectivity index (χ1v) is 13.0. The molecule has 2 N–H and O–H groups in total. The molecule has 2 heterocycles. The fourth-order valence-electron chi connectivity index (χ4n) is 4.70. The number of unbranched alkanes of at least 4 members (excludes halogenated alkanes) is 3. The largest absolute Gasteiger partial charge is 0.507 e. The number of fused-ring (bicyclic) bond motifs is 3. The number of anilines is 1. The van der Waals surface area contributed by atoms with Crippen LogP contribution in [0.25, 0.3) is 11.3 Å². The molecule has 0 unspecified atom stereocenters. The van der Waals surface area contributed by atoms with Crippen molar-refractivity contribution in [1.82, 2.24) is 10.2 Å². The number of benzene rings is 1. The van der Waals surface area contributed by atoms with Crippen LogP contribution in [0.5, 0.6) is 5.75 Å². The number of nitrogens with zero attached hydrogens (tertiary/aromatic N) is 2. The molecule has 1 aromatic carbocycles. The number of alkyl halides is 3. The SMILES string of the molecule is CCCCC[C@H](CC)Nc1nnc2c(c1CCCC)CCCOCc1cc(C(F)(F)F)cc(O)c1-2. The summed E-state index contributed by atoms with van der Waals surface area (Å²) < 4.78 is 46.0. The molecule has 0 aliphatic carbocycles. The van der Waals surface area contributed by atoms with Crippen LogP contribution in [0, 0.1) is 0 Å². The summed E-state index contributed by atoms with van der Waals surface area (Å²) in [6.07, 6.45) is 5.08. The quantitative estimate of drug-likeness (QED) is 0.337. The molecule has 0 spiro atoms. The summed E-state index contributed by atoms with van der Waals surface area (Å²) in [6, 6.07) is 2.12. The maximum Gasteiger partial charge on any atom is 0.416 e. The summed E-state index contributed by atoms with van der Waals surface area (Å²) in [7, 11) is 0. The van der Waals surface area contributed by atoms with E-state index in [1.165, 1.54) is 6.42 Å². The van der Waals surface area contributed by atoms with Crippen LogP contribution >= 0.6 is 0 Å². The lowest BCUT2D eigenvalue weighted by Gasteiger charge is -2.23. The second kappa shape index (κ2) is 12.6. The molecule has 194 valence electrons. The van der Waals surface area contributed by atoms with Gasteiger partial charge in [0.25, 0.3) is 0 Å². The number of phenolic OH excluding ortho intramolecular Hbond substituents is 1. The van der Waals surface area contributed by atoms with E-state index in [4.69, 9.17) is 4.74 Å². The van der Waals surface area contributed by atoms with Gasteiger partial charge < -0.3 is 15.2 Å². The van der Waals surface area contributed by atoms with Gasteiger partial charge in [0, 0.05) is 23.8 Å². The van der Waals surface area contributed by atoms with Crippen molar-refractivity contribution in [1.29, 1.82) is 0 Å². The van der Waals surface area contributed by atoms with Gasteiger partial charge >= 0.3 is 6.18 Å². The molecular formula is C27H38F3N3O2. The fourth-order valence-corrected chi connectivity index (χ4v) is 4.70. The summed E-state index contributed by atoms with van der Waals surface area (Å²) in [5, 5.41) is 23.4. The van der Waals surface area contributed by atoms with Gasteiger partial charge in [-0.25, -0.2) is 0 Å². The van der Waals surface area contributed by atoms with Crippen molar-refractivity contribution in [3.8, 4) is 17.0 Å². The molecule has 0 amide bonds.